The van der Waals surface area contributed by atoms with Gasteiger partial charge in [-0.15, -0.1) is 0 Å². The largest absolute Gasteiger partial charge is 0.497 e. The normalized spacial score (nSPS) is 21.6. The van der Waals surface area contributed by atoms with E-state index in [1.165, 1.54) is 16.9 Å². The molecule has 2 fully saturated rings. The number of carbonyl (C=O) groups excluding carboxylic acids is 4. The van der Waals surface area contributed by atoms with Gasteiger partial charge >= 0.3 is 0 Å². The van der Waals surface area contributed by atoms with Gasteiger partial charge in [-0.05, 0) is 37.1 Å². The van der Waals surface area contributed by atoms with Crippen LogP contribution in [-0.4, -0.2) is 85.3 Å². The highest BCUT2D eigenvalue weighted by Crippen LogP contribution is 2.18. The fourth-order valence-corrected chi connectivity index (χ4v) is 3.68. The summed E-state index contributed by atoms with van der Waals surface area (Å²) in [5, 5.41) is 5.46. The Kier molecular flexibility index (Phi) is 6.88. The standard InChI is InChI=1S/C20H27N5O5/c1-30-14-6-4-13(5-7-14)20(29)25-10-9-24(17(26)11-21)12-16(25)19(28)23-15-3-2-8-22-18(15)27/h4-7,15-16H,2-3,8-12,21H2,1H3,(H,22,27)(H,23,28)/t15-,16+/m0/s1. The van der Waals surface area contributed by atoms with E-state index in [1.807, 2.05) is 0 Å². The zero-order valence-corrected chi connectivity index (χ0v) is 16.9. The molecule has 2 saturated heterocycles. The second-order valence-corrected chi connectivity index (χ2v) is 7.28. The number of nitrogens with zero attached hydrogens (tertiary/aromatic N) is 2. The zero-order valence-electron chi connectivity index (χ0n) is 16.9. The number of hydrogen-bond donors (Lipinski definition) is 3. The zero-order chi connectivity index (χ0) is 21.7. The lowest BCUT2D eigenvalue weighted by molar-refractivity contribution is -0.138. The van der Waals surface area contributed by atoms with Crippen LogP contribution in [0.4, 0.5) is 0 Å². The van der Waals surface area contributed by atoms with Gasteiger partial charge in [0.1, 0.15) is 17.8 Å². The van der Waals surface area contributed by atoms with Gasteiger partial charge < -0.3 is 30.9 Å². The summed E-state index contributed by atoms with van der Waals surface area (Å²) in [7, 11) is 1.53. The Labute approximate surface area is 174 Å². The Morgan fingerprint density at radius 2 is 1.97 bits per heavy atom. The second-order valence-electron chi connectivity index (χ2n) is 7.28. The highest BCUT2D eigenvalue weighted by Gasteiger charge is 2.38. The molecule has 0 aliphatic carbocycles. The molecule has 4 N–H and O–H groups in total. The van der Waals surface area contributed by atoms with E-state index in [9.17, 15) is 19.2 Å². The van der Waals surface area contributed by atoms with Gasteiger partial charge in [0.15, 0.2) is 0 Å². The predicted molar refractivity (Wildman–Crippen MR) is 108 cm³/mol. The van der Waals surface area contributed by atoms with Crippen LogP contribution < -0.4 is 21.1 Å². The molecule has 10 heteroatoms. The number of nitrogens with two attached hydrogens (primary N) is 1. The molecule has 162 valence electrons. The van der Waals surface area contributed by atoms with Crippen molar-refractivity contribution in [1.82, 2.24) is 20.4 Å². The minimum absolute atomic E-state index is 0.0259. The summed E-state index contributed by atoms with van der Waals surface area (Å²) in [4.78, 5) is 53.2. The monoisotopic (exact) mass is 417 g/mol. The van der Waals surface area contributed by atoms with Crippen LogP contribution >= 0.6 is 0 Å². The smallest absolute Gasteiger partial charge is 0.254 e. The van der Waals surface area contributed by atoms with Crippen molar-refractivity contribution in [2.24, 2.45) is 5.73 Å². The molecule has 1 aromatic carbocycles. The molecule has 0 bridgehead atoms. The first-order valence-corrected chi connectivity index (χ1v) is 9.95. The van der Waals surface area contributed by atoms with Gasteiger partial charge in [-0.25, -0.2) is 0 Å². The van der Waals surface area contributed by atoms with Crippen molar-refractivity contribution in [2.75, 3.05) is 39.8 Å². The van der Waals surface area contributed by atoms with Crippen LogP contribution in [0.1, 0.15) is 23.2 Å². The lowest BCUT2D eigenvalue weighted by Crippen LogP contribution is -2.64. The van der Waals surface area contributed by atoms with E-state index in [1.54, 1.807) is 24.3 Å². The van der Waals surface area contributed by atoms with Crippen LogP contribution in [0.25, 0.3) is 0 Å². The van der Waals surface area contributed by atoms with E-state index < -0.39 is 18.0 Å². The van der Waals surface area contributed by atoms with Crippen LogP contribution in [0.2, 0.25) is 0 Å². The summed E-state index contributed by atoms with van der Waals surface area (Å²) in [5.74, 6) is -0.713. The van der Waals surface area contributed by atoms with E-state index in [4.69, 9.17) is 10.5 Å². The van der Waals surface area contributed by atoms with Gasteiger partial charge in [-0.1, -0.05) is 0 Å². The predicted octanol–water partition coefficient (Wildman–Crippen LogP) is -1.30. The Balaban J connectivity index is 1.79. The minimum Gasteiger partial charge on any atom is -0.497 e. The molecule has 10 nitrogen and oxygen atoms in total. The summed E-state index contributed by atoms with van der Waals surface area (Å²) in [6.07, 6.45) is 1.29. The minimum atomic E-state index is -0.918. The molecule has 0 saturated carbocycles. The van der Waals surface area contributed by atoms with Crippen molar-refractivity contribution in [3.63, 3.8) is 0 Å². The Morgan fingerprint density at radius 1 is 1.23 bits per heavy atom. The molecule has 2 atom stereocenters. The summed E-state index contributed by atoms with van der Waals surface area (Å²) in [5.41, 5.74) is 5.87. The molecule has 30 heavy (non-hydrogen) atoms. The van der Waals surface area contributed by atoms with Crippen molar-refractivity contribution < 1.29 is 23.9 Å². The molecular weight excluding hydrogens is 390 g/mol. The third kappa shape index (κ3) is 4.70. The maximum Gasteiger partial charge on any atom is 0.254 e. The summed E-state index contributed by atoms with van der Waals surface area (Å²) in [6, 6.07) is 5.03. The molecule has 1 aromatic rings. The van der Waals surface area contributed by atoms with Gasteiger partial charge in [0, 0.05) is 25.2 Å². The van der Waals surface area contributed by atoms with Crippen LogP contribution in [0.15, 0.2) is 24.3 Å². The summed E-state index contributed by atoms with van der Waals surface area (Å²) >= 11 is 0. The maximum atomic E-state index is 13.1. The van der Waals surface area contributed by atoms with Crippen molar-refractivity contribution >= 4 is 23.6 Å². The third-order valence-electron chi connectivity index (χ3n) is 5.41. The first kappa shape index (κ1) is 21.6. The molecule has 2 heterocycles. The average Bonchev–Trinajstić information content (AvgIpc) is 2.79. The first-order valence-electron chi connectivity index (χ1n) is 9.95. The fraction of sp³-hybridized carbons (Fsp3) is 0.500. The van der Waals surface area contributed by atoms with Crippen molar-refractivity contribution in [2.45, 2.75) is 24.9 Å². The van der Waals surface area contributed by atoms with Gasteiger partial charge in [-0.2, -0.15) is 0 Å². The number of methoxy groups -OCH3 is 1. The first-order chi connectivity index (χ1) is 14.4. The highest BCUT2D eigenvalue weighted by molar-refractivity contribution is 5.99. The van der Waals surface area contributed by atoms with E-state index in [-0.39, 0.29) is 43.9 Å². The van der Waals surface area contributed by atoms with Gasteiger partial charge in [-0.3, -0.25) is 19.2 Å². The number of ether oxygens (including phenoxy) is 1. The van der Waals surface area contributed by atoms with E-state index >= 15 is 0 Å². The van der Waals surface area contributed by atoms with Crippen molar-refractivity contribution in [3.8, 4) is 5.75 Å². The number of nitrogens with one attached hydrogen (secondary N) is 2. The van der Waals surface area contributed by atoms with Crippen LogP contribution in [0.5, 0.6) is 5.75 Å². The number of carbonyl (C=O) groups is 4. The summed E-state index contributed by atoms with van der Waals surface area (Å²) in [6.45, 7) is 0.899. The molecule has 2 aliphatic heterocycles. The van der Waals surface area contributed by atoms with Crippen molar-refractivity contribution in [1.29, 1.82) is 0 Å². The van der Waals surface area contributed by atoms with E-state index in [0.717, 1.165) is 6.42 Å². The number of hydrogen-bond acceptors (Lipinski definition) is 6. The number of piperazine rings is 1. The molecule has 0 radical (unpaired) electrons. The number of amides is 4. The topological polar surface area (TPSA) is 134 Å². The fourth-order valence-electron chi connectivity index (χ4n) is 3.68. The maximum absolute atomic E-state index is 13.1. The second kappa shape index (κ2) is 9.57. The van der Waals surface area contributed by atoms with E-state index in [0.29, 0.717) is 24.3 Å². The molecule has 2 aliphatic rings. The van der Waals surface area contributed by atoms with Gasteiger partial charge in [0.25, 0.3) is 5.91 Å². The van der Waals surface area contributed by atoms with Crippen LogP contribution in [-0.2, 0) is 14.4 Å². The molecule has 0 spiro atoms. The quantitative estimate of drug-likeness (QED) is 0.545. The third-order valence-corrected chi connectivity index (χ3v) is 5.41. The molecular formula is C20H27N5O5. The van der Waals surface area contributed by atoms with Gasteiger partial charge in [0.05, 0.1) is 20.2 Å². The number of benzene rings is 1. The Hall–Kier alpha value is -3.14. The lowest BCUT2D eigenvalue weighted by atomic mass is 10.0. The molecule has 0 unspecified atom stereocenters. The summed E-state index contributed by atoms with van der Waals surface area (Å²) < 4.78 is 5.12. The van der Waals surface area contributed by atoms with Crippen LogP contribution in [0, 0.1) is 0 Å². The van der Waals surface area contributed by atoms with Crippen molar-refractivity contribution in [3.05, 3.63) is 29.8 Å². The van der Waals surface area contributed by atoms with Gasteiger partial charge in [0.2, 0.25) is 17.7 Å². The van der Waals surface area contributed by atoms with Crippen LogP contribution in [0.3, 0.4) is 0 Å². The SMILES string of the molecule is COc1ccc(C(=O)N2CCN(C(=O)CN)C[C@@H]2C(=O)N[C@H]2CCCNC2=O)cc1. The number of rotatable bonds is 5. The lowest BCUT2D eigenvalue weighted by Gasteiger charge is -2.41. The molecule has 0 aromatic heterocycles. The number of piperidine rings is 1. The average molecular weight is 417 g/mol. The molecule has 3 rings (SSSR count). The molecule has 4 amide bonds. The Bertz CT molecular complexity index is 812. The van der Waals surface area contributed by atoms with E-state index in [2.05, 4.69) is 10.6 Å². The highest BCUT2D eigenvalue weighted by atomic mass is 16.5. The Morgan fingerprint density at radius 3 is 2.60 bits per heavy atom.